The standard InChI is InChI=1S/C24H30N4O3S/c1-16(2)9-11-25-22(29)17-6-5-12-27(15-17)24-26-20-10-13-32-21(20)23(30)28(24)18-7-4-8-19(14-18)31-3/h4,7-8,10,13-14,16-17H,5-6,9,11-12,15H2,1-3H3,(H,25,29). The summed E-state index contributed by atoms with van der Waals surface area (Å²) >= 11 is 1.40. The number of hydrogen-bond acceptors (Lipinski definition) is 6. The molecule has 1 aliphatic rings. The van der Waals surface area contributed by atoms with Crippen LogP contribution in [0.4, 0.5) is 5.95 Å². The van der Waals surface area contributed by atoms with Crippen molar-refractivity contribution in [1.29, 1.82) is 0 Å². The minimum absolute atomic E-state index is 0.0854. The minimum Gasteiger partial charge on any atom is -0.497 e. The molecule has 2 aromatic heterocycles. The van der Waals surface area contributed by atoms with E-state index in [4.69, 9.17) is 9.72 Å². The number of carbonyl (C=O) groups excluding carboxylic acids is 1. The molecule has 0 radical (unpaired) electrons. The third-order valence-electron chi connectivity index (χ3n) is 5.87. The first-order valence-corrected chi connectivity index (χ1v) is 12.0. The predicted octanol–water partition coefficient (Wildman–Crippen LogP) is 3.83. The Kier molecular flexibility index (Phi) is 6.79. The van der Waals surface area contributed by atoms with Crippen molar-refractivity contribution in [1.82, 2.24) is 14.9 Å². The molecule has 0 saturated carbocycles. The molecule has 1 aliphatic heterocycles. The molecule has 1 unspecified atom stereocenters. The third kappa shape index (κ3) is 4.65. The van der Waals surface area contributed by atoms with Gasteiger partial charge in [-0.05, 0) is 48.8 Å². The number of nitrogens with zero attached hydrogens (tertiary/aromatic N) is 3. The molecular formula is C24H30N4O3S. The van der Waals surface area contributed by atoms with Gasteiger partial charge in [0.2, 0.25) is 11.9 Å². The number of thiophene rings is 1. The molecule has 1 N–H and O–H groups in total. The van der Waals surface area contributed by atoms with Crippen molar-refractivity contribution >= 4 is 33.4 Å². The number of ether oxygens (including phenoxy) is 1. The summed E-state index contributed by atoms with van der Waals surface area (Å²) in [6.45, 7) is 6.29. The second-order valence-electron chi connectivity index (χ2n) is 8.65. The number of carbonyl (C=O) groups is 1. The Hall–Kier alpha value is -2.87. The fourth-order valence-electron chi connectivity index (χ4n) is 4.10. The van der Waals surface area contributed by atoms with E-state index in [2.05, 4.69) is 24.1 Å². The van der Waals surface area contributed by atoms with Gasteiger partial charge in [-0.1, -0.05) is 19.9 Å². The lowest BCUT2D eigenvalue weighted by Gasteiger charge is -2.34. The summed E-state index contributed by atoms with van der Waals surface area (Å²) in [4.78, 5) is 33.2. The molecule has 1 fully saturated rings. The second-order valence-corrected chi connectivity index (χ2v) is 9.56. The number of anilines is 1. The van der Waals surface area contributed by atoms with E-state index in [0.717, 1.165) is 25.8 Å². The zero-order chi connectivity index (χ0) is 22.7. The monoisotopic (exact) mass is 454 g/mol. The number of rotatable bonds is 7. The van der Waals surface area contributed by atoms with Crippen LogP contribution in [-0.4, -0.2) is 42.2 Å². The molecule has 1 amide bonds. The maximum atomic E-state index is 13.5. The SMILES string of the molecule is COc1cccc(-n2c(N3CCCC(C(=O)NCCC(C)C)C3)nc3ccsc3c2=O)c1. The minimum atomic E-state index is -0.121. The summed E-state index contributed by atoms with van der Waals surface area (Å²) in [5, 5.41) is 4.97. The van der Waals surface area contributed by atoms with Gasteiger partial charge >= 0.3 is 0 Å². The van der Waals surface area contributed by atoms with Crippen LogP contribution < -0.4 is 20.5 Å². The zero-order valence-electron chi connectivity index (χ0n) is 18.8. The van der Waals surface area contributed by atoms with Crippen molar-refractivity contribution in [3.8, 4) is 11.4 Å². The van der Waals surface area contributed by atoms with Crippen LogP contribution in [0, 0.1) is 11.8 Å². The van der Waals surface area contributed by atoms with Gasteiger partial charge in [0.05, 0.1) is 24.2 Å². The highest BCUT2D eigenvalue weighted by atomic mass is 32.1. The summed E-state index contributed by atoms with van der Waals surface area (Å²) in [7, 11) is 1.61. The molecule has 1 saturated heterocycles. The number of amides is 1. The van der Waals surface area contributed by atoms with Gasteiger partial charge in [0, 0.05) is 25.7 Å². The average molecular weight is 455 g/mol. The van der Waals surface area contributed by atoms with E-state index in [1.807, 2.05) is 35.7 Å². The van der Waals surface area contributed by atoms with E-state index < -0.39 is 0 Å². The first-order valence-electron chi connectivity index (χ1n) is 11.1. The molecular weight excluding hydrogens is 424 g/mol. The lowest BCUT2D eigenvalue weighted by Crippen LogP contribution is -2.45. The molecule has 0 bridgehead atoms. The largest absolute Gasteiger partial charge is 0.497 e. The van der Waals surface area contributed by atoms with Gasteiger partial charge in [-0.3, -0.25) is 9.59 Å². The van der Waals surface area contributed by atoms with Gasteiger partial charge in [-0.25, -0.2) is 9.55 Å². The Morgan fingerprint density at radius 3 is 2.97 bits per heavy atom. The van der Waals surface area contributed by atoms with Crippen molar-refractivity contribution in [3.05, 3.63) is 46.1 Å². The summed E-state index contributed by atoms with van der Waals surface area (Å²) in [5.41, 5.74) is 1.30. The number of methoxy groups -OCH3 is 1. The summed E-state index contributed by atoms with van der Waals surface area (Å²) in [5.74, 6) is 1.77. The van der Waals surface area contributed by atoms with Crippen molar-refractivity contribution in [2.45, 2.75) is 33.1 Å². The number of hydrogen-bond donors (Lipinski definition) is 1. The number of fused-ring (bicyclic) bond motifs is 1. The van der Waals surface area contributed by atoms with E-state index in [0.29, 0.717) is 46.6 Å². The maximum absolute atomic E-state index is 13.5. The number of aromatic nitrogens is 2. The normalized spacial score (nSPS) is 16.5. The highest BCUT2D eigenvalue weighted by Gasteiger charge is 2.29. The van der Waals surface area contributed by atoms with E-state index in [9.17, 15) is 9.59 Å². The molecule has 3 aromatic rings. The highest BCUT2D eigenvalue weighted by molar-refractivity contribution is 7.17. The van der Waals surface area contributed by atoms with Gasteiger partial charge in [0.15, 0.2) is 0 Å². The topological polar surface area (TPSA) is 76.5 Å². The average Bonchev–Trinajstić information content (AvgIpc) is 3.28. The van der Waals surface area contributed by atoms with Crippen LogP contribution in [-0.2, 0) is 4.79 Å². The summed E-state index contributed by atoms with van der Waals surface area (Å²) in [6, 6.07) is 9.31. The second kappa shape index (κ2) is 9.73. The number of benzene rings is 1. The zero-order valence-corrected chi connectivity index (χ0v) is 19.7. The fourth-order valence-corrected chi connectivity index (χ4v) is 4.86. The van der Waals surface area contributed by atoms with Gasteiger partial charge < -0.3 is 15.0 Å². The van der Waals surface area contributed by atoms with E-state index in [-0.39, 0.29) is 17.4 Å². The van der Waals surface area contributed by atoms with E-state index in [1.165, 1.54) is 11.3 Å². The lowest BCUT2D eigenvalue weighted by atomic mass is 9.97. The molecule has 3 heterocycles. The number of piperidine rings is 1. The molecule has 32 heavy (non-hydrogen) atoms. The molecule has 4 rings (SSSR count). The van der Waals surface area contributed by atoms with E-state index in [1.54, 1.807) is 11.7 Å². The van der Waals surface area contributed by atoms with Gasteiger partial charge in [-0.2, -0.15) is 0 Å². The van der Waals surface area contributed by atoms with Gasteiger partial charge in [0.25, 0.3) is 5.56 Å². The maximum Gasteiger partial charge on any atom is 0.277 e. The van der Waals surface area contributed by atoms with Crippen LogP contribution in [0.5, 0.6) is 5.75 Å². The first-order chi connectivity index (χ1) is 15.5. The van der Waals surface area contributed by atoms with Crippen molar-refractivity contribution < 1.29 is 9.53 Å². The Bertz CT molecular complexity index is 1150. The van der Waals surface area contributed by atoms with Crippen LogP contribution in [0.1, 0.15) is 33.1 Å². The first kappa shape index (κ1) is 22.3. The fraction of sp³-hybridized carbons (Fsp3) is 0.458. The van der Waals surface area contributed by atoms with Crippen LogP contribution in [0.3, 0.4) is 0 Å². The van der Waals surface area contributed by atoms with Gasteiger partial charge in [0.1, 0.15) is 10.4 Å². The predicted molar refractivity (Wildman–Crippen MR) is 129 cm³/mol. The molecule has 7 nitrogen and oxygen atoms in total. The molecule has 0 spiro atoms. The van der Waals surface area contributed by atoms with Crippen LogP contribution in [0.15, 0.2) is 40.5 Å². The van der Waals surface area contributed by atoms with Crippen molar-refractivity contribution in [2.75, 3.05) is 31.6 Å². The summed E-state index contributed by atoms with van der Waals surface area (Å²) in [6.07, 6.45) is 2.68. The quantitative estimate of drug-likeness (QED) is 0.587. The Labute approximate surface area is 192 Å². The summed E-state index contributed by atoms with van der Waals surface area (Å²) < 4.78 is 7.65. The lowest BCUT2D eigenvalue weighted by molar-refractivity contribution is -0.125. The van der Waals surface area contributed by atoms with E-state index >= 15 is 0 Å². The molecule has 170 valence electrons. The molecule has 0 aliphatic carbocycles. The highest BCUT2D eigenvalue weighted by Crippen LogP contribution is 2.27. The van der Waals surface area contributed by atoms with Crippen LogP contribution >= 0.6 is 11.3 Å². The van der Waals surface area contributed by atoms with Gasteiger partial charge in [-0.15, -0.1) is 11.3 Å². The van der Waals surface area contributed by atoms with Crippen molar-refractivity contribution in [2.24, 2.45) is 11.8 Å². The number of nitrogens with one attached hydrogen (secondary N) is 1. The Balaban J connectivity index is 1.68. The molecule has 1 atom stereocenters. The Morgan fingerprint density at radius 1 is 1.34 bits per heavy atom. The van der Waals surface area contributed by atoms with Crippen LogP contribution in [0.2, 0.25) is 0 Å². The molecule has 8 heteroatoms. The smallest absolute Gasteiger partial charge is 0.277 e. The molecule has 1 aromatic carbocycles. The van der Waals surface area contributed by atoms with Crippen molar-refractivity contribution in [3.63, 3.8) is 0 Å². The third-order valence-corrected chi connectivity index (χ3v) is 6.76. The van der Waals surface area contributed by atoms with Crippen LogP contribution in [0.25, 0.3) is 15.9 Å². The Morgan fingerprint density at radius 2 is 2.19 bits per heavy atom.